The molecule has 1 amide bonds. The monoisotopic (exact) mass is 410 g/mol. The highest BCUT2D eigenvalue weighted by atomic mass is 32.2. The number of nitrogens with zero attached hydrogens (tertiary/aromatic N) is 4. The Bertz CT molecular complexity index is 838. The Labute approximate surface area is 165 Å². The molecular formula is C18H26N4O5S. The molecule has 0 unspecified atom stereocenters. The zero-order valence-corrected chi connectivity index (χ0v) is 16.8. The Morgan fingerprint density at radius 3 is 2.50 bits per heavy atom. The molecule has 9 nitrogen and oxygen atoms in total. The number of para-hydroxylation sites is 1. The van der Waals surface area contributed by atoms with Crippen LogP contribution in [0.2, 0.25) is 0 Å². The summed E-state index contributed by atoms with van der Waals surface area (Å²) in [5.41, 5.74) is 0.310. The molecule has 154 valence electrons. The molecule has 2 saturated heterocycles. The predicted octanol–water partition coefficient (Wildman–Crippen LogP) is 0.706. The van der Waals surface area contributed by atoms with Crippen LogP contribution in [0.5, 0.6) is 0 Å². The Kier molecular flexibility index (Phi) is 6.31. The maximum atomic E-state index is 13.0. The van der Waals surface area contributed by atoms with Crippen molar-refractivity contribution in [1.82, 2.24) is 14.1 Å². The molecule has 2 heterocycles. The first-order chi connectivity index (χ1) is 13.3. The number of carbonyl (C=O) groups is 1. The van der Waals surface area contributed by atoms with E-state index in [1.54, 1.807) is 23.1 Å². The highest BCUT2D eigenvalue weighted by Gasteiger charge is 2.35. The molecule has 0 radical (unpaired) electrons. The second-order valence-corrected chi connectivity index (χ2v) is 9.41. The smallest absolute Gasteiger partial charge is 0.273 e. The average molecular weight is 410 g/mol. The van der Waals surface area contributed by atoms with E-state index >= 15 is 0 Å². The van der Waals surface area contributed by atoms with Crippen molar-refractivity contribution in [3.05, 3.63) is 39.9 Å². The number of sulfonamides is 1. The molecule has 28 heavy (non-hydrogen) atoms. The Balaban J connectivity index is 1.77. The van der Waals surface area contributed by atoms with Gasteiger partial charge in [0.2, 0.25) is 15.9 Å². The highest BCUT2D eigenvalue weighted by Crippen LogP contribution is 2.22. The molecule has 3 rings (SSSR count). The Morgan fingerprint density at radius 2 is 1.86 bits per heavy atom. The van der Waals surface area contributed by atoms with Gasteiger partial charge in [0, 0.05) is 37.8 Å². The standard InChI is InChI=1S/C18H26N4O5S/c1-28(26,27)20-10-11-21(16(14-20)13-19-8-4-5-9-19)18(23)12-15-6-2-3-7-17(15)22(24)25/h2-3,6-7,16H,4-5,8-14H2,1H3/t16-/m0/s1. The summed E-state index contributed by atoms with van der Waals surface area (Å²) >= 11 is 0. The molecule has 0 spiro atoms. The zero-order chi connectivity index (χ0) is 20.3. The molecule has 1 aromatic rings. The average Bonchev–Trinajstić information content (AvgIpc) is 3.14. The number of hydrogen-bond acceptors (Lipinski definition) is 6. The predicted molar refractivity (Wildman–Crippen MR) is 104 cm³/mol. The Hall–Kier alpha value is -2.04. The molecule has 2 fully saturated rings. The third-order valence-corrected chi connectivity index (χ3v) is 6.70. The fraction of sp³-hybridized carbons (Fsp3) is 0.611. The van der Waals surface area contributed by atoms with Gasteiger partial charge in [0.05, 0.1) is 23.6 Å². The summed E-state index contributed by atoms with van der Waals surface area (Å²) in [5.74, 6) is -0.202. The van der Waals surface area contributed by atoms with Crippen molar-refractivity contribution in [3.63, 3.8) is 0 Å². The van der Waals surface area contributed by atoms with E-state index in [9.17, 15) is 23.3 Å². The van der Waals surface area contributed by atoms with Crippen LogP contribution in [0.1, 0.15) is 18.4 Å². The molecule has 1 atom stereocenters. The summed E-state index contributed by atoms with van der Waals surface area (Å²) in [6, 6.07) is 5.99. The number of likely N-dealkylation sites (tertiary alicyclic amines) is 1. The molecule has 0 N–H and O–H groups in total. The van der Waals surface area contributed by atoms with Crippen molar-refractivity contribution in [2.45, 2.75) is 25.3 Å². The van der Waals surface area contributed by atoms with Gasteiger partial charge in [-0.15, -0.1) is 0 Å². The summed E-state index contributed by atoms with van der Waals surface area (Å²) in [6.07, 6.45) is 3.33. The minimum absolute atomic E-state index is 0.0630. The maximum absolute atomic E-state index is 13.0. The fourth-order valence-corrected chi connectivity index (χ4v) is 4.83. The van der Waals surface area contributed by atoms with Gasteiger partial charge in [0.15, 0.2) is 0 Å². The van der Waals surface area contributed by atoms with Crippen LogP contribution in [0.3, 0.4) is 0 Å². The number of carbonyl (C=O) groups excluding carboxylic acids is 1. The third kappa shape index (κ3) is 4.86. The van der Waals surface area contributed by atoms with E-state index in [4.69, 9.17) is 0 Å². The summed E-state index contributed by atoms with van der Waals surface area (Å²) in [7, 11) is -3.33. The number of benzene rings is 1. The lowest BCUT2D eigenvalue weighted by molar-refractivity contribution is -0.385. The number of piperazine rings is 1. The summed E-state index contributed by atoms with van der Waals surface area (Å²) < 4.78 is 25.4. The van der Waals surface area contributed by atoms with E-state index in [0.29, 0.717) is 18.7 Å². The van der Waals surface area contributed by atoms with Gasteiger partial charge in [0.25, 0.3) is 5.69 Å². The van der Waals surface area contributed by atoms with Gasteiger partial charge < -0.3 is 9.80 Å². The van der Waals surface area contributed by atoms with E-state index in [2.05, 4.69) is 4.90 Å². The van der Waals surface area contributed by atoms with Crippen LogP contribution < -0.4 is 0 Å². The Morgan fingerprint density at radius 1 is 1.18 bits per heavy atom. The van der Waals surface area contributed by atoms with Gasteiger partial charge in [-0.2, -0.15) is 4.31 Å². The van der Waals surface area contributed by atoms with Crippen LogP contribution >= 0.6 is 0 Å². The summed E-state index contributed by atoms with van der Waals surface area (Å²) in [5, 5.41) is 11.2. The molecule has 0 saturated carbocycles. The first-order valence-electron chi connectivity index (χ1n) is 9.45. The zero-order valence-electron chi connectivity index (χ0n) is 16.0. The van der Waals surface area contributed by atoms with E-state index in [-0.39, 0.29) is 37.1 Å². The van der Waals surface area contributed by atoms with Gasteiger partial charge in [-0.25, -0.2) is 8.42 Å². The minimum Gasteiger partial charge on any atom is -0.335 e. The number of nitro groups is 1. The normalized spacial score (nSPS) is 21.8. The molecule has 0 bridgehead atoms. The molecule has 10 heteroatoms. The molecule has 2 aliphatic rings. The molecule has 1 aromatic carbocycles. The van der Waals surface area contributed by atoms with Crippen LogP contribution in [0.15, 0.2) is 24.3 Å². The molecule has 2 aliphatic heterocycles. The maximum Gasteiger partial charge on any atom is 0.273 e. The largest absolute Gasteiger partial charge is 0.335 e. The van der Waals surface area contributed by atoms with Crippen molar-refractivity contribution in [1.29, 1.82) is 0 Å². The van der Waals surface area contributed by atoms with E-state index < -0.39 is 14.9 Å². The second-order valence-electron chi connectivity index (χ2n) is 7.43. The van der Waals surface area contributed by atoms with E-state index in [1.165, 1.54) is 16.6 Å². The van der Waals surface area contributed by atoms with Crippen molar-refractivity contribution in [2.24, 2.45) is 0 Å². The highest BCUT2D eigenvalue weighted by molar-refractivity contribution is 7.88. The van der Waals surface area contributed by atoms with Crippen molar-refractivity contribution < 1.29 is 18.1 Å². The summed E-state index contributed by atoms with van der Waals surface area (Å²) in [4.78, 5) is 27.7. The molecule has 0 aliphatic carbocycles. The van der Waals surface area contributed by atoms with Gasteiger partial charge >= 0.3 is 0 Å². The van der Waals surface area contributed by atoms with Gasteiger partial charge in [-0.3, -0.25) is 14.9 Å². The van der Waals surface area contributed by atoms with Crippen molar-refractivity contribution in [3.8, 4) is 0 Å². The van der Waals surface area contributed by atoms with E-state index in [1.807, 2.05) is 0 Å². The van der Waals surface area contributed by atoms with Crippen molar-refractivity contribution in [2.75, 3.05) is 45.5 Å². The number of rotatable bonds is 6. The van der Waals surface area contributed by atoms with Crippen molar-refractivity contribution >= 4 is 21.6 Å². The van der Waals surface area contributed by atoms with E-state index in [0.717, 1.165) is 25.9 Å². The number of hydrogen-bond donors (Lipinski definition) is 0. The van der Waals surface area contributed by atoms with Crippen LogP contribution in [0.4, 0.5) is 5.69 Å². The number of nitro benzene ring substituents is 1. The lowest BCUT2D eigenvalue weighted by Gasteiger charge is -2.42. The first-order valence-corrected chi connectivity index (χ1v) is 11.3. The van der Waals surface area contributed by atoms with Gasteiger partial charge in [0.1, 0.15) is 0 Å². The minimum atomic E-state index is -3.33. The lowest BCUT2D eigenvalue weighted by atomic mass is 10.1. The fourth-order valence-electron chi connectivity index (χ4n) is 3.98. The lowest BCUT2D eigenvalue weighted by Crippen LogP contribution is -2.59. The van der Waals surface area contributed by atoms with Gasteiger partial charge in [-0.05, 0) is 25.9 Å². The van der Waals surface area contributed by atoms with Gasteiger partial charge in [-0.1, -0.05) is 18.2 Å². The van der Waals surface area contributed by atoms with Crippen LogP contribution in [-0.4, -0.2) is 84.9 Å². The second kappa shape index (κ2) is 8.54. The molecular weight excluding hydrogens is 384 g/mol. The third-order valence-electron chi connectivity index (χ3n) is 5.43. The SMILES string of the molecule is CS(=O)(=O)N1CCN(C(=O)Cc2ccccc2[N+](=O)[O-])[C@@H](CN2CCCC2)C1. The first kappa shape index (κ1) is 20.7. The number of amides is 1. The molecule has 0 aromatic heterocycles. The topological polar surface area (TPSA) is 104 Å². The van der Waals surface area contributed by atoms with Crippen LogP contribution in [-0.2, 0) is 21.2 Å². The van der Waals surface area contributed by atoms with Crippen LogP contribution in [0, 0.1) is 10.1 Å². The quantitative estimate of drug-likeness (QED) is 0.505. The summed E-state index contributed by atoms with van der Waals surface area (Å²) in [6.45, 7) is 3.32. The van der Waals surface area contributed by atoms with Crippen LogP contribution in [0.25, 0.3) is 0 Å².